The van der Waals surface area contributed by atoms with Gasteiger partial charge < -0.3 is 10.2 Å². The molecule has 1 atom stereocenters. The van der Waals surface area contributed by atoms with Gasteiger partial charge in [0.05, 0.1) is 0 Å². The summed E-state index contributed by atoms with van der Waals surface area (Å²) < 4.78 is 0. The highest BCUT2D eigenvalue weighted by molar-refractivity contribution is 7.99. The molecule has 2 aliphatic rings. The molecule has 1 spiro atoms. The number of rotatable bonds is 7. The molecule has 1 aliphatic carbocycles. The van der Waals surface area contributed by atoms with Gasteiger partial charge in [0, 0.05) is 6.54 Å². The molecule has 1 unspecified atom stereocenters. The van der Waals surface area contributed by atoms with Crippen LogP contribution in [0.1, 0.15) is 58.8 Å². The highest BCUT2D eigenvalue weighted by atomic mass is 32.2. The van der Waals surface area contributed by atoms with Crippen molar-refractivity contribution in [1.82, 2.24) is 10.2 Å². The molecule has 0 aromatic rings. The lowest BCUT2D eigenvalue weighted by Gasteiger charge is -2.44. The normalized spacial score (nSPS) is 24.7. The molecule has 1 heterocycles. The molecule has 0 bridgehead atoms. The molecule has 120 valence electrons. The Morgan fingerprint density at radius 3 is 2.62 bits per heavy atom. The second-order valence-electron chi connectivity index (χ2n) is 6.13. The van der Waals surface area contributed by atoms with Crippen molar-refractivity contribution in [2.75, 3.05) is 18.1 Å². The minimum atomic E-state index is -0.570. The average Bonchev–Trinajstić information content (AvgIpc) is 2.93. The Kier molecular flexibility index (Phi) is 5.97. The summed E-state index contributed by atoms with van der Waals surface area (Å²) in [4.78, 5) is 27.3. The molecule has 2 rings (SSSR count). The lowest BCUT2D eigenvalue weighted by atomic mass is 9.89. The van der Waals surface area contributed by atoms with Crippen molar-refractivity contribution < 1.29 is 9.59 Å². The number of piperazine rings is 1. The summed E-state index contributed by atoms with van der Waals surface area (Å²) >= 11 is 1.90. The van der Waals surface area contributed by atoms with Crippen molar-refractivity contribution in [2.24, 2.45) is 0 Å². The average molecular weight is 312 g/mol. The van der Waals surface area contributed by atoms with E-state index in [0.717, 1.165) is 63.0 Å². The fourth-order valence-corrected chi connectivity index (χ4v) is 4.17. The quantitative estimate of drug-likeness (QED) is 0.735. The van der Waals surface area contributed by atoms with Crippen LogP contribution in [0, 0.1) is 0 Å². The van der Waals surface area contributed by atoms with Crippen LogP contribution in [0.3, 0.4) is 0 Å². The molecular formula is C16H28N2O2S. The molecule has 2 amide bonds. The number of thioether (sulfide) groups is 1. The lowest BCUT2D eigenvalue weighted by Crippen LogP contribution is -2.69. The van der Waals surface area contributed by atoms with Gasteiger partial charge in [-0.05, 0) is 37.2 Å². The van der Waals surface area contributed by atoms with Gasteiger partial charge in [-0.1, -0.05) is 33.1 Å². The largest absolute Gasteiger partial charge is 0.340 e. The van der Waals surface area contributed by atoms with E-state index in [1.54, 1.807) is 0 Å². The zero-order valence-electron chi connectivity index (χ0n) is 13.3. The summed E-state index contributed by atoms with van der Waals surface area (Å²) in [6.45, 7) is 4.95. The highest BCUT2D eigenvalue weighted by Crippen LogP contribution is 2.35. The molecule has 4 nitrogen and oxygen atoms in total. The molecule has 0 radical (unpaired) electrons. The van der Waals surface area contributed by atoms with Gasteiger partial charge in [-0.2, -0.15) is 11.8 Å². The van der Waals surface area contributed by atoms with Gasteiger partial charge in [-0.3, -0.25) is 9.59 Å². The second kappa shape index (κ2) is 7.52. The Bertz CT molecular complexity index is 380. The van der Waals surface area contributed by atoms with Crippen LogP contribution in [-0.4, -0.2) is 46.3 Å². The number of carbonyl (C=O) groups is 2. The van der Waals surface area contributed by atoms with Crippen LogP contribution in [0.25, 0.3) is 0 Å². The third kappa shape index (κ3) is 3.55. The second-order valence-corrected chi connectivity index (χ2v) is 7.53. The van der Waals surface area contributed by atoms with Gasteiger partial charge in [0.15, 0.2) is 0 Å². The van der Waals surface area contributed by atoms with E-state index in [-0.39, 0.29) is 17.9 Å². The Hall–Kier alpha value is -0.710. The lowest BCUT2D eigenvalue weighted by molar-refractivity contribution is -0.155. The van der Waals surface area contributed by atoms with Crippen LogP contribution in [0.5, 0.6) is 0 Å². The van der Waals surface area contributed by atoms with E-state index in [9.17, 15) is 9.59 Å². The first-order chi connectivity index (χ1) is 10.1. The zero-order valence-corrected chi connectivity index (χ0v) is 14.1. The minimum Gasteiger partial charge on any atom is -0.340 e. The molecule has 2 fully saturated rings. The first-order valence-electron chi connectivity index (χ1n) is 8.35. The maximum Gasteiger partial charge on any atom is 0.249 e. The Morgan fingerprint density at radius 2 is 2.00 bits per heavy atom. The van der Waals surface area contributed by atoms with Gasteiger partial charge in [0.1, 0.15) is 11.6 Å². The van der Waals surface area contributed by atoms with Crippen molar-refractivity contribution in [3.63, 3.8) is 0 Å². The fraction of sp³-hybridized carbons (Fsp3) is 0.875. The first kappa shape index (κ1) is 16.7. The number of hydrogen-bond acceptors (Lipinski definition) is 3. The standard InChI is InChI=1S/C16H28N2O2S/c1-3-8-13-14(19)17-16(9-5-6-10-16)15(20)18(13)11-7-12-21-4-2/h13H,3-12H2,1-2H3,(H,17,19). The van der Waals surface area contributed by atoms with E-state index in [1.165, 1.54) is 0 Å². The summed E-state index contributed by atoms with van der Waals surface area (Å²) in [5, 5.41) is 3.07. The Balaban J connectivity index is 2.08. The zero-order chi connectivity index (χ0) is 15.3. The van der Waals surface area contributed by atoms with Gasteiger partial charge in [-0.15, -0.1) is 0 Å². The summed E-state index contributed by atoms with van der Waals surface area (Å²) in [5.74, 6) is 2.42. The molecule has 0 aromatic carbocycles. The van der Waals surface area contributed by atoms with Crippen molar-refractivity contribution in [2.45, 2.75) is 70.4 Å². The van der Waals surface area contributed by atoms with Crippen LogP contribution in [-0.2, 0) is 9.59 Å². The fourth-order valence-electron chi connectivity index (χ4n) is 3.55. The molecular weight excluding hydrogens is 284 g/mol. The van der Waals surface area contributed by atoms with Crippen LogP contribution in [0.4, 0.5) is 0 Å². The van der Waals surface area contributed by atoms with Crippen LogP contribution >= 0.6 is 11.8 Å². The maximum atomic E-state index is 12.9. The summed E-state index contributed by atoms with van der Waals surface area (Å²) in [7, 11) is 0. The van der Waals surface area contributed by atoms with E-state index in [2.05, 4.69) is 19.2 Å². The van der Waals surface area contributed by atoms with E-state index in [0.29, 0.717) is 0 Å². The number of nitrogens with one attached hydrogen (secondary N) is 1. The van der Waals surface area contributed by atoms with Crippen molar-refractivity contribution >= 4 is 23.6 Å². The molecule has 0 aromatic heterocycles. The Morgan fingerprint density at radius 1 is 1.29 bits per heavy atom. The van der Waals surface area contributed by atoms with Crippen molar-refractivity contribution in [3.05, 3.63) is 0 Å². The molecule has 5 heteroatoms. The summed E-state index contributed by atoms with van der Waals surface area (Å²) in [6.07, 6.45) is 6.40. The van der Waals surface area contributed by atoms with Crippen LogP contribution in [0.15, 0.2) is 0 Å². The van der Waals surface area contributed by atoms with Crippen LogP contribution in [0.2, 0.25) is 0 Å². The first-order valence-corrected chi connectivity index (χ1v) is 9.51. The summed E-state index contributed by atoms with van der Waals surface area (Å²) in [6, 6.07) is -0.250. The smallest absolute Gasteiger partial charge is 0.249 e. The van der Waals surface area contributed by atoms with Gasteiger partial charge in [-0.25, -0.2) is 0 Å². The van der Waals surface area contributed by atoms with E-state index in [4.69, 9.17) is 0 Å². The molecule has 1 saturated heterocycles. The topological polar surface area (TPSA) is 49.4 Å². The third-order valence-corrected chi connectivity index (χ3v) is 5.61. The summed E-state index contributed by atoms with van der Waals surface area (Å²) in [5.41, 5.74) is -0.570. The monoisotopic (exact) mass is 312 g/mol. The number of amides is 2. The van der Waals surface area contributed by atoms with Gasteiger partial charge >= 0.3 is 0 Å². The minimum absolute atomic E-state index is 0.0708. The number of carbonyl (C=O) groups excluding carboxylic acids is 2. The van der Waals surface area contributed by atoms with Crippen LogP contribution < -0.4 is 5.32 Å². The highest BCUT2D eigenvalue weighted by Gasteiger charge is 2.51. The predicted octanol–water partition coefficient (Wildman–Crippen LogP) is 2.57. The van der Waals surface area contributed by atoms with E-state index >= 15 is 0 Å². The van der Waals surface area contributed by atoms with Gasteiger partial charge in [0.25, 0.3) is 0 Å². The third-order valence-electron chi connectivity index (χ3n) is 4.62. The molecule has 1 N–H and O–H groups in total. The van der Waals surface area contributed by atoms with E-state index < -0.39 is 5.54 Å². The number of nitrogens with zero attached hydrogens (tertiary/aromatic N) is 1. The number of hydrogen-bond donors (Lipinski definition) is 1. The molecule has 1 aliphatic heterocycles. The maximum absolute atomic E-state index is 12.9. The molecule has 1 saturated carbocycles. The van der Waals surface area contributed by atoms with E-state index in [1.807, 2.05) is 16.7 Å². The van der Waals surface area contributed by atoms with Gasteiger partial charge in [0.2, 0.25) is 11.8 Å². The predicted molar refractivity (Wildman–Crippen MR) is 87.4 cm³/mol. The van der Waals surface area contributed by atoms with Crippen molar-refractivity contribution in [3.8, 4) is 0 Å². The SMILES string of the molecule is CCCC1C(=O)NC2(CCCC2)C(=O)N1CCCSCC. The Labute approximate surface area is 132 Å². The molecule has 21 heavy (non-hydrogen) atoms. The van der Waals surface area contributed by atoms with Crippen molar-refractivity contribution in [1.29, 1.82) is 0 Å².